The maximum atomic E-state index is 12.8. The second-order valence-electron chi connectivity index (χ2n) is 7.98. The van der Waals surface area contributed by atoms with E-state index in [1.807, 2.05) is 10.6 Å². The molecule has 144 valence electrons. The normalized spacial score (nSPS) is 19.6. The summed E-state index contributed by atoms with van der Waals surface area (Å²) in [5.74, 6) is -1.18. The van der Waals surface area contributed by atoms with E-state index in [1.165, 1.54) is 0 Å². The first-order valence-electron chi connectivity index (χ1n) is 9.76. The van der Waals surface area contributed by atoms with Gasteiger partial charge in [0.2, 0.25) is 0 Å². The molecule has 7 heteroatoms. The zero-order valence-electron chi connectivity index (χ0n) is 15.3. The minimum atomic E-state index is -0.898. The Morgan fingerprint density at radius 3 is 2.56 bits per heavy atom. The molecule has 0 radical (unpaired) electrons. The number of imidazole rings is 1. The lowest BCUT2D eigenvalue weighted by atomic mass is 9.92. The Kier molecular flexibility index (Phi) is 4.53. The van der Waals surface area contributed by atoms with E-state index >= 15 is 0 Å². The third-order valence-corrected chi connectivity index (χ3v) is 6.10. The van der Waals surface area contributed by atoms with E-state index < -0.39 is 11.5 Å². The van der Waals surface area contributed by atoms with Crippen molar-refractivity contribution in [1.82, 2.24) is 14.9 Å². The van der Waals surface area contributed by atoms with Crippen molar-refractivity contribution in [2.45, 2.75) is 69.4 Å². The Morgan fingerprint density at radius 1 is 1.19 bits per heavy atom. The first-order valence-corrected chi connectivity index (χ1v) is 9.76. The number of benzene rings is 1. The van der Waals surface area contributed by atoms with E-state index in [0.717, 1.165) is 44.0 Å². The number of fused-ring (bicyclic) bond motifs is 1. The predicted octanol–water partition coefficient (Wildman–Crippen LogP) is 2.96. The van der Waals surface area contributed by atoms with Gasteiger partial charge in [0.15, 0.2) is 0 Å². The molecule has 0 saturated heterocycles. The largest absolute Gasteiger partial charge is 0.481 e. The van der Waals surface area contributed by atoms with Crippen LogP contribution in [-0.4, -0.2) is 32.1 Å². The highest BCUT2D eigenvalue weighted by Crippen LogP contribution is 2.33. The van der Waals surface area contributed by atoms with Gasteiger partial charge in [-0.05, 0) is 43.9 Å². The fourth-order valence-electron chi connectivity index (χ4n) is 4.80. The van der Waals surface area contributed by atoms with Gasteiger partial charge < -0.3 is 15.4 Å². The van der Waals surface area contributed by atoms with Gasteiger partial charge in [-0.15, -0.1) is 0 Å². The molecule has 3 N–H and O–H groups in total. The van der Waals surface area contributed by atoms with E-state index in [4.69, 9.17) is 0 Å². The highest BCUT2D eigenvalue weighted by atomic mass is 16.4. The van der Waals surface area contributed by atoms with Crippen LogP contribution < -0.4 is 11.0 Å². The van der Waals surface area contributed by atoms with Crippen LogP contribution in [0.15, 0.2) is 23.0 Å². The van der Waals surface area contributed by atoms with Crippen molar-refractivity contribution >= 4 is 22.9 Å². The third kappa shape index (κ3) is 3.38. The molecule has 1 amide bonds. The molecular formula is C20H25N3O4. The fourth-order valence-corrected chi connectivity index (χ4v) is 4.80. The van der Waals surface area contributed by atoms with Gasteiger partial charge in [-0.1, -0.05) is 25.7 Å². The number of carboxylic acids is 1. The number of hydrogen-bond donors (Lipinski definition) is 3. The van der Waals surface area contributed by atoms with Gasteiger partial charge >= 0.3 is 11.7 Å². The summed E-state index contributed by atoms with van der Waals surface area (Å²) in [6, 6.07) is 5.46. The topological polar surface area (TPSA) is 104 Å². The first kappa shape index (κ1) is 17.8. The molecule has 2 saturated carbocycles. The lowest BCUT2D eigenvalue weighted by Crippen LogP contribution is -2.47. The summed E-state index contributed by atoms with van der Waals surface area (Å²) in [7, 11) is 0. The van der Waals surface area contributed by atoms with Crippen LogP contribution in [0.1, 0.15) is 74.2 Å². The van der Waals surface area contributed by atoms with Crippen LogP contribution >= 0.6 is 0 Å². The van der Waals surface area contributed by atoms with Crippen LogP contribution in [0.4, 0.5) is 0 Å². The zero-order chi connectivity index (χ0) is 19.0. The Bertz CT molecular complexity index is 930. The van der Waals surface area contributed by atoms with Crippen LogP contribution in [0.2, 0.25) is 0 Å². The van der Waals surface area contributed by atoms with Gasteiger partial charge in [0.05, 0.1) is 23.0 Å². The molecule has 0 aliphatic heterocycles. The number of hydrogen-bond acceptors (Lipinski definition) is 3. The second-order valence-corrected chi connectivity index (χ2v) is 7.98. The van der Waals surface area contributed by atoms with E-state index in [-0.39, 0.29) is 24.1 Å². The zero-order valence-corrected chi connectivity index (χ0v) is 15.3. The Balaban J connectivity index is 1.61. The number of carbonyl (C=O) groups is 2. The Hall–Kier alpha value is -2.57. The molecule has 0 spiro atoms. The molecule has 1 aromatic carbocycles. The van der Waals surface area contributed by atoms with E-state index in [0.29, 0.717) is 23.9 Å². The monoisotopic (exact) mass is 371 g/mol. The quantitative estimate of drug-likeness (QED) is 0.751. The maximum absolute atomic E-state index is 12.8. The van der Waals surface area contributed by atoms with Gasteiger partial charge in [-0.2, -0.15) is 0 Å². The Labute approximate surface area is 156 Å². The number of nitrogens with one attached hydrogen (secondary N) is 2. The number of aromatic amines is 1. The number of rotatable bonds is 5. The number of nitrogens with zero attached hydrogens (tertiary/aromatic N) is 1. The first-order chi connectivity index (χ1) is 13.0. The molecule has 2 aliphatic carbocycles. The summed E-state index contributed by atoms with van der Waals surface area (Å²) < 4.78 is 1.81. The van der Waals surface area contributed by atoms with Crippen molar-refractivity contribution in [2.24, 2.45) is 0 Å². The number of aliphatic carboxylic acids is 1. The van der Waals surface area contributed by atoms with Crippen molar-refractivity contribution in [2.75, 3.05) is 0 Å². The van der Waals surface area contributed by atoms with Crippen LogP contribution in [0, 0.1) is 0 Å². The standard InChI is InChI=1S/C20H25N3O4/c24-17(25)12-20(9-3-4-10-20)22-18(26)13-7-8-16-15(11-13)21-19(27)23(16)14-5-1-2-6-14/h7-8,11,14H,1-6,9-10,12H2,(H,21,27)(H,22,26)(H,24,25). The van der Waals surface area contributed by atoms with E-state index in [9.17, 15) is 19.5 Å². The smallest absolute Gasteiger partial charge is 0.326 e. The van der Waals surface area contributed by atoms with Crippen LogP contribution in [0.25, 0.3) is 11.0 Å². The average molecular weight is 371 g/mol. The molecule has 2 aliphatic rings. The molecule has 0 unspecified atom stereocenters. The summed E-state index contributed by atoms with van der Waals surface area (Å²) in [4.78, 5) is 39.3. The Morgan fingerprint density at radius 2 is 1.89 bits per heavy atom. The van der Waals surface area contributed by atoms with E-state index in [1.54, 1.807) is 12.1 Å². The third-order valence-electron chi connectivity index (χ3n) is 6.10. The summed E-state index contributed by atoms with van der Waals surface area (Å²) in [5, 5.41) is 12.2. The SMILES string of the molecule is O=C(O)CC1(NC(=O)c2ccc3c(c2)[nH]c(=O)n3C2CCCC2)CCCC1. The minimum absolute atomic E-state index is 0.0596. The summed E-state index contributed by atoms with van der Waals surface area (Å²) in [6.07, 6.45) is 7.43. The second kappa shape index (κ2) is 6.87. The average Bonchev–Trinajstić information content (AvgIpc) is 3.33. The van der Waals surface area contributed by atoms with Gasteiger partial charge in [0, 0.05) is 11.6 Å². The molecule has 4 rings (SSSR count). The molecule has 0 atom stereocenters. The molecule has 2 fully saturated rings. The number of H-pyrrole nitrogens is 1. The highest BCUT2D eigenvalue weighted by Gasteiger charge is 2.37. The van der Waals surface area contributed by atoms with Gasteiger partial charge in [0.1, 0.15) is 0 Å². The van der Waals surface area contributed by atoms with Crippen LogP contribution in [0.5, 0.6) is 0 Å². The lowest BCUT2D eigenvalue weighted by Gasteiger charge is -2.28. The summed E-state index contributed by atoms with van der Waals surface area (Å²) in [5.41, 5.74) is 1.12. The maximum Gasteiger partial charge on any atom is 0.326 e. The van der Waals surface area contributed by atoms with Crippen molar-refractivity contribution in [3.8, 4) is 0 Å². The number of aromatic nitrogens is 2. The fraction of sp³-hybridized carbons (Fsp3) is 0.550. The van der Waals surface area contributed by atoms with Crippen molar-refractivity contribution < 1.29 is 14.7 Å². The van der Waals surface area contributed by atoms with Crippen LogP contribution in [0.3, 0.4) is 0 Å². The van der Waals surface area contributed by atoms with Crippen LogP contribution in [-0.2, 0) is 4.79 Å². The van der Waals surface area contributed by atoms with Gasteiger partial charge in [-0.3, -0.25) is 14.2 Å². The summed E-state index contributed by atoms with van der Waals surface area (Å²) in [6.45, 7) is 0. The predicted molar refractivity (Wildman–Crippen MR) is 101 cm³/mol. The number of carbonyl (C=O) groups excluding carboxylic acids is 1. The molecule has 1 aromatic heterocycles. The van der Waals surface area contributed by atoms with Crippen molar-refractivity contribution in [1.29, 1.82) is 0 Å². The highest BCUT2D eigenvalue weighted by molar-refractivity contribution is 5.98. The van der Waals surface area contributed by atoms with E-state index in [2.05, 4.69) is 10.3 Å². The molecule has 2 aromatic rings. The number of carboxylic acid groups (broad SMARTS) is 1. The molecule has 1 heterocycles. The molecule has 27 heavy (non-hydrogen) atoms. The van der Waals surface area contributed by atoms with Gasteiger partial charge in [-0.25, -0.2) is 4.79 Å². The summed E-state index contributed by atoms with van der Waals surface area (Å²) >= 11 is 0. The molecule has 0 bridgehead atoms. The molecule has 7 nitrogen and oxygen atoms in total. The lowest BCUT2D eigenvalue weighted by molar-refractivity contribution is -0.138. The van der Waals surface area contributed by atoms with Crippen molar-refractivity contribution in [3.63, 3.8) is 0 Å². The van der Waals surface area contributed by atoms with Gasteiger partial charge in [0.25, 0.3) is 5.91 Å². The van der Waals surface area contributed by atoms with Crippen molar-refractivity contribution in [3.05, 3.63) is 34.2 Å². The number of amides is 1. The minimum Gasteiger partial charge on any atom is -0.481 e. The molecular weight excluding hydrogens is 346 g/mol.